The number of hydrogen-bond acceptors (Lipinski definition) is 4. The number of carbonyl (C=O) groups excluding carboxylic acids is 1. The largest absolute Gasteiger partial charge is 0.409 e. The first-order valence-electron chi connectivity index (χ1n) is 6.84. The van der Waals surface area contributed by atoms with Gasteiger partial charge < -0.3 is 20.7 Å². The average molecular weight is 270 g/mol. The van der Waals surface area contributed by atoms with E-state index in [0.29, 0.717) is 24.9 Å². The lowest BCUT2D eigenvalue weighted by atomic mass is 10.0. The zero-order chi connectivity index (χ0) is 14.6. The van der Waals surface area contributed by atoms with Crippen LogP contribution in [0.2, 0.25) is 0 Å². The van der Waals surface area contributed by atoms with Crippen LogP contribution in [0, 0.1) is 11.8 Å². The minimum absolute atomic E-state index is 0.0200. The number of amides is 1. The minimum atomic E-state index is -0.497. The van der Waals surface area contributed by atoms with Crippen LogP contribution in [0.1, 0.15) is 26.7 Å². The summed E-state index contributed by atoms with van der Waals surface area (Å²) in [6.45, 7) is 5.59. The molecule has 0 spiro atoms. The molecule has 1 aliphatic rings. The Hall–Kier alpha value is -1.30. The Morgan fingerprint density at radius 3 is 2.58 bits per heavy atom. The number of nitrogens with two attached hydrogens (primary N) is 1. The van der Waals surface area contributed by atoms with Gasteiger partial charge >= 0.3 is 0 Å². The number of likely N-dealkylation sites (N-methyl/N-ethyl adjacent to an activating group) is 1. The molecule has 6 heteroatoms. The van der Waals surface area contributed by atoms with Crippen LogP contribution >= 0.6 is 0 Å². The molecule has 3 unspecified atom stereocenters. The molecular formula is C13H26N4O2. The topological polar surface area (TPSA) is 82.2 Å². The lowest BCUT2D eigenvalue weighted by molar-refractivity contribution is -0.132. The summed E-state index contributed by atoms with van der Waals surface area (Å²) in [5, 5.41) is 11.8. The first kappa shape index (κ1) is 15.8. The van der Waals surface area contributed by atoms with Crippen molar-refractivity contribution in [1.82, 2.24) is 9.80 Å². The Kier molecular flexibility index (Phi) is 5.60. The number of hydrogen-bond donors (Lipinski definition) is 2. The number of rotatable bonds is 5. The standard InChI is InChI=1S/C13H26N4O2/c1-5-6-10(12(14)15-19)13(18)17-7-9(2)11(8-17)16(3)4/h9-11,19H,5-8H2,1-4H3,(H2,14,15). The highest BCUT2D eigenvalue weighted by molar-refractivity contribution is 6.02. The number of amidine groups is 1. The molecule has 0 aromatic carbocycles. The van der Waals surface area contributed by atoms with Gasteiger partial charge in [-0.3, -0.25) is 4.79 Å². The molecule has 3 atom stereocenters. The third kappa shape index (κ3) is 3.59. The van der Waals surface area contributed by atoms with Crippen LogP contribution in [0.4, 0.5) is 0 Å². The highest BCUT2D eigenvalue weighted by Gasteiger charge is 2.37. The highest BCUT2D eigenvalue weighted by atomic mass is 16.4. The van der Waals surface area contributed by atoms with E-state index in [1.165, 1.54) is 0 Å². The summed E-state index contributed by atoms with van der Waals surface area (Å²) in [6.07, 6.45) is 1.44. The maximum Gasteiger partial charge on any atom is 0.233 e. The summed E-state index contributed by atoms with van der Waals surface area (Å²) in [5.41, 5.74) is 5.64. The molecule has 1 fully saturated rings. The molecular weight excluding hydrogens is 244 g/mol. The first-order chi connectivity index (χ1) is 8.92. The van der Waals surface area contributed by atoms with Crippen LogP contribution < -0.4 is 5.73 Å². The van der Waals surface area contributed by atoms with Gasteiger partial charge in [0.15, 0.2) is 5.84 Å². The number of oxime groups is 1. The lowest BCUT2D eigenvalue weighted by Crippen LogP contribution is -2.42. The van der Waals surface area contributed by atoms with Crippen molar-refractivity contribution in [2.75, 3.05) is 27.2 Å². The van der Waals surface area contributed by atoms with Gasteiger partial charge in [-0.1, -0.05) is 25.4 Å². The van der Waals surface area contributed by atoms with E-state index >= 15 is 0 Å². The number of nitrogens with zero attached hydrogens (tertiary/aromatic N) is 3. The molecule has 0 radical (unpaired) electrons. The smallest absolute Gasteiger partial charge is 0.233 e. The van der Waals surface area contributed by atoms with Crippen molar-refractivity contribution in [2.24, 2.45) is 22.7 Å². The zero-order valence-corrected chi connectivity index (χ0v) is 12.3. The van der Waals surface area contributed by atoms with Gasteiger partial charge in [-0.2, -0.15) is 0 Å². The van der Waals surface area contributed by atoms with Crippen LogP contribution in [0.5, 0.6) is 0 Å². The summed E-state index contributed by atoms with van der Waals surface area (Å²) in [6, 6.07) is 0.374. The van der Waals surface area contributed by atoms with Crippen LogP contribution in [0.3, 0.4) is 0 Å². The van der Waals surface area contributed by atoms with Gasteiger partial charge in [0.1, 0.15) is 0 Å². The Morgan fingerprint density at radius 1 is 1.53 bits per heavy atom. The Balaban J connectivity index is 2.76. The van der Waals surface area contributed by atoms with E-state index in [1.54, 1.807) is 0 Å². The van der Waals surface area contributed by atoms with Crippen molar-refractivity contribution in [3.8, 4) is 0 Å². The quantitative estimate of drug-likeness (QED) is 0.331. The first-order valence-corrected chi connectivity index (χ1v) is 6.84. The fourth-order valence-electron chi connectivity index (χ4n) is 2.78. The van der Waals surface area contributed by atoms with Crippen molar-refractivity contribution < 1.29 is 10.0 Å². The molecule has 0 aliphatic carbocycles. The van der Waals surface area contributed by atoms with Crippen molar-refractivity contribution in [3.05, 3.63) is 0 Å². The SMILES string of the molecule is CCCC(C(=O)N1CC(C)C(N(C)C)C1)C(N)=NO. The van der Waals surface area contributed by atoms with Gasteiger partial charge in [0.05, 0.1) is 5.92 Å². The molecule has 0 bridgehead atoms. The molecule has 3 N–H and O–H groups in total. The van der Waals surface area contributed by atoms with E-state index in [0.717, 1.165) is 13.0 Å². The molecule has 0 aromatic heterocycles. The average Bonchev–Trinajstić information content (AvgIpc) is 2.76. The maximum absolute atomic E-state index is 12.5. The van der Waals surface area contributed by atoms with Gasteiger partial charge in [-0.15, -0.1) is 0 Å². The molecule has 0 saturated carbocycles. The summed E-state index contributed by atoms with van der Waals surface area (Å²) in [4.78, 5) is 16.5. The predicted octanol–water partition coefficient (Wildman–Crippen LogP) is 0.558. The Labute approximate surface area is 115 Å². The number of carbonyl (C=O) groups is 1. The fourth-order valence-corrected chi connectivity index (χ4v) is 2.78. The predicted molar refractivity (Wildman–Crippen MR) is 75.0 cm³/mol. The molecule has 1 heterocycles. The third-order valence-electron chi connectivity index (χ3n) is 3.90. The fraction of sp³-hybridized carbons (Fsp3) is 0.846. The van der Waals surface area contributed by atoms with Crippen molar-refractivity contribution in [2.45, 2.75) is 32.7 Å². The van der Waals surface area contributed by atoms with Crippen LogP contribution in [0.15, 0.2) is 5.16 Å². The monoisotopic (exact) mass is 270 g/mol. The molecule has 110 valence electrons. The van der Waals surface area contributed by atoms with Gasteiger partial charge in [0.2, 0.25) is 5.91 Å². The van der Waals surface area contributed by atoms with Crippen LogP contribution in [0.25, 0.3) is 0 Å². The van der Waals surface area contributed by atoms with Gasteiger partial charge in [-0.05, 0) is 26.4 Å². The summed E-state index contributed by atoms with van der Waals surface area (Å²) < 4.78 is 0. The Morgan fingerprint density at radius 2 is 2.16 bits per heavy atom. The van der Waals surface area contributed by atoms with Crippen LogP contribution in [-0.2, 0) is 4.79 Å². The second-order valence-corrected chi connectivity index (χ2v) is 5.62. The summed E-state index contributed by atoms with van der Waals surface area (Å²) >= 11 is 0. The van der Waals surface area contributed by atoms with Gasteiger partial charge in [-0.25, -0.2) is 0 Å². The maximum atomic E-state index is 12.5. The third-order valence-corrected chi connectivity index (χ3v) is 3.90. The lowest BCUT2D eigenvalue weighted by Gasteiger charge is -2.24. The van der Waals surface area contributed by atoms with E-state index in [9.17, 15) is 4.79 Å². The van der Waals surface area contributed by atoms with Crippen molar-refractivity contribution in [3.63, 3.8) is 0 Å². The molecule has 1 amide bonds. The van der Waals surface area contributed by atoms with E-state index in [1.807, 2.05) is 25.9 Å². The molecule has 19 heavy (non-hydrogen) atoms. The molecule has 6 nitrogen and oxygen atoms in total. The normalized spacial score (nSPS) is 25.9. The summed E-state index contributed by atoms with van der Waals surface area (Å²) in [5.74, 6) is -0.0576. The number of likely N-dealkylation sites (tertiary alicyclic amines) is 1. The second kappa shape index (κ2) is 6.75. The molecule has 0 aromatic rings. The molecule has 1 rings (SSSR count). The van der Waals surface area contributed by atoms with E-state index < -0.39 is 5.92 Å². The second-order valence-electron chi connectivity index (χ2n) is 5.62. The summed E-state index contributed by atoms with van der Waals surface area (Å²) in [7, 11) is 4.06. The molecule has 1 aliphatic heterocycles. The molecule has 1 saturated heterocycles. The Bertz CT molecular complexity index is 344. The van der Waals surface area contributed by atoms with E-state index in [-0.39, 0.29) is 11.7 Å². The van der Waals surface area contributed by atoms with E-state index in [4.69, 9.17) is 10.9 Å². The zero-order valence-electron chi connectivity index (χ0n) is 12.3. The van der Waals surface area contributed by atoms with E-state index in [2.05, 4.69) is 17.0 Å². The minimum Gasteiger partial charge on any atom is -0.409 e. The highest BCUT2D eigenvalue weighted by Crippen LogP contribution is 2.23. The van der Waals surface area contributed by atoms with Crippen molar-refractivity contribution >= 4 is 11.7 Å². The van der Waals surface area contributed by atoms with Gasteiger partial charge in [0, 0.05) is 19.1 Å². The van der Waals surface area contributed by atoms with Crippen molar-refractivity contribution in [1.29, 1.82) is 0 Å². The van der Waals surface area contributed by atoms with Gasteiger partial charge in [0.25, 0.3) is 0 Å². The van der Waals surface area contributed by atoms with Crippen LogP contribution in [-0.4, -0.2) is 60.0 Å².